The number of nitrogens with two attached hydrogens (primary N) is 1. The van der Waals surface area contributed by atoms with E-state index in [0.29, 0.717) is 5.02 Å². The fourth-order valence-electron chi connectivity index (χ4n) is 2.68. The smallest absolute Gasteiger partial charge is 0.337 e. The summed E-state index contributed by atoms with van der Waals surface area (Å²) >= 11 is 5.90. The van der Waals surface area contributed by atoms with E-state index in [-0.39, 0.29) is 21.8 Å². The first-order valence-electron chi connectivity index (χ1n) is 8.50. The zero-order valence-electron chi connectivity index (χ0n) is 15.4. The molecule has 3 aromatic rings. The Bertz CT molecular complexity index is 1100. The van der Waals surface area contributed by atoms with Gasteiger partial charge >= 0.3 is 5.97 Å². The second-order valence-electron chi connectivity index (χ2n) is 6.11. The molecule has 0 heterocycles. The molecule has 29 heavy (non-hydrogen) atoms. The molecule has 3 aromatic carbocycles. The minimum atomic E-state index is -4.19. The Labute approximate surface area is 173 Å². The fraction of sp³-hybridized carbons (Fsp3) is 0.0952. The molecular formula is C21H18ClNO5S. The number of carbonyl (C=O) groups excluding carboxylic acids is 1. The standard InChI is InChI=1S/C21H18ClNO5S/c1-27-20(24)15-7-9-16(10-8-15)21(23,28-18-13-11-17(22)12-14-18)29(25,26)19-5-3-2-4-6-19/h2-14H,23H2,1H3. The summed E-state index contributed by atoms with van der Waals surface area (Å²) in [6, 6.07) is 19.6. The predicted molar refractivity (Wildman–Crippen MR) is 109 cm³/mol. The summed E-state index contributed by atoms with van der Waals surface area (Å²) in [5, 5.41) is -1.79. The molecule has 1 unspecified atom stereocenters. The maximum absolute atomic E-state index is 13.4. The van der Waals surface area contributed by atoms with Crippen molar-refractivity contribution >= 4 is 27.4 Å². The van der Waals surface area contributed by atoms with Crippen LogP contribution in [0.5, 0.6) is 5.75 Å². The highest BCUT2D eigenvalue weighted by molar-refractivity contribution is 7.92. The number of methoxy groups -OCH3 is 1. The fourth-order valence-corrected chi connectivity index (χ4v) is 4.32. The Morgan fingerprint density at radius 2 is 1.52 bits per heavy atom. The van der Waals surface area contributed by atoms with Gasteiger partial charge in [0, 0.05) is 10.6 Å². The molecule has 0 spiro atoms. The summed E-state index contributed by atoms with van der Waals surface area (Å²) in [5.41, 5.74) is 6.79. The first kappa shape index (κ1) is 20.9. The van der Waals surface area contributed by atoms with Gasteiger partial charge in [0.1, 0.15) is 5.75 Å². The molecule has 3 rings (SSSR count). The third-order valence-corrected chi connectivity index (χ3v) is 6.51. The maximum atomic E-state index is 13.4. The lowest BCUT2D eigenvalue weighted by Crippen LogP contribution is -2.50. The second-order valence-corrected chi connectivity index (χ2v) is 8.63. The number of esters is 1. The van der Waals surface area contributed by atoms with Crippen molar-refractivity contribution in [2.24, 2.45) is 5.73 Å². The molecule has 0 radical (unpaired) electrons. The highest BCUT2D eigenvalue weighted by atomic mass is 35.5. The number of halogens is 1. The van der Waals surface area contributed by atoms with Gasteiger partial charge in [-0.25, -0.2) is 13.2 Å². The van der Waals surface area contributed by atoms with E-state index in [4.69, 9.17) is 22.1 Å². The quantitative estimate of drug-likeness (QED) is 0.471. The van der Waals surface area contributed by atoms with Crippen LogP contribution in [0.2, 0.25) is 5.02 Å². The zero-order chi connectivity index (χ0) is 21.1. The molecule has 0 saturated carbocycles. The Morgan fingerprint density at radius 3 is 2.07 bits per heavy atom. The first-order valence-corrected chi connectivity index (χ1v) is 10.4. The molecule has 0 aromatic heterocycles. The molecule has 0 aliphatic heterocycles. The van der Waals surface area contributed by atoms with Gasteiger partial charge in [-0.05, 0) is 48.5 Å². The summed E-state index contributed by atoms with van der Waals surface area (Å²) in [5.74, 6) is -0.336. The molecule has 150 valence electrons. The zero-order valence-corrected chi connectivity index (χ0v) is 17.0. The number of rotatable bonds is 6. The molecule has 2 N–H and O–H groups in total. The van der Waals surface area contributed by atoms with Gasteiger partial charge in [0.25, 0.3) is 5.06 Å². The Kier molecular flexibility index (Phi) is 5.93. The van der Waals surface area contributed by atoms with E-state index in [9.17, 15) is 13.2 Å². The van der Waals surface area contributed by atoms with Crippen LogP contribution in [-0.4, -0.2) is 21.5 Å². The molecule has 0 amide bonds. The van der Waals surface area contributed by atoms with Crippen molar-refractivity contribution < 1.29 is 22.7 Å². The average Bonchev–Trinajstić information content (AvgIpc) is 2.75. The van der Waals surface area contributed by atoms with E-state index < -0.39 is 20.9 Å². The van der Waals surface area contributed by atoms with Gasteiger partial charge in [-0.3, -0.25) is 5.73 Å². The summed E-state index contributed by atoms with van der Waals surface area (Å²) in [4.78, 5) is 11.7. The van der Waals surface area contributed by atoms with Crippen molar-refractivity contribution in [3.8, 4) is 5.75 Å². The van der Waals surface area contributed by atoms with E-state index in [0.717, 1.165) is 0 Å². The normalized spacial score (nSPS) is 13.3. The number of hydrogen-bond donors (Lipinski definition) is 1. The average molecular weight is 432 g/mol. The molecule has 0 bridgehead atoms. The molecular weight excluding hydrogens is 414 g/mol. The molecule has 0 aliphatic rings. The monoisotopic (exact) mass is 431 g/mol. The van der Waals surface area contributed by atoms with Crippen LogP contribution in [0.15, 0.2) is 83.8 Å². The SMILES string of the molecule is COC(=O)c1ccc(C(N)(Oc2ccc(Cl)cc2)S(=O)(=O)c2ccccc2)cc1. The van der Waals surface area contributed by atoms with Gasteiger partial charge in [-0.1, -0.05) is 41.9 Å². The maximum Gasteiger partial charge on any atom is 0.337 e. The lowest BCUT2D eigenvalue weighted by molar-refractivity contribution is 0.0600. The van der Waals surface area contributed by atoms with Crippen LogP contribution in [-0.2, 0) is 19.6 Å². The van der Waals surface area contributed by atoms with Crippen molar-refractivity contribution in [1.82, 2.24) is 0 Å². The van der Waals surface area contributed by atoms with Crippen LogP contribution >= 0.6 is 11.6 Å². The minimum Gasteiger partial charge on any atom is -0.465 e. The third kappa shape index (κ3) is 4.12. The van der Waals surface area contributed by atoms with Gasteiger partial charge in [0.05, 0.1) is 17.6 Å². The summed E-state index contributed by atoms with van der Waals surface area (Å²) in [7, 11) is -2.94. The predicted octanol–water partition coefficient (Wildman–Crippen LogP) is 3.75. The van der Waals surface area contributed by atoms with Gasteiger partial charge in [-0.15, -0.1) is 0 Å². The van der Waals surface area contributed by atoms with Crippen LogP contribution in [0.3, 0.4) is 0 Å². The van der Waals surface area contributed by atoms with E-state index in [1.54, 1.807) is 30.3 Å². The lowest BCUT2D eigenvalue weighted by atomic mass is 10.1. The Hall–Kier alpha value is -2.87. The minimum absolute atomic E-state index is 0.00601. The third-order valence-electron chi connectivity index (χ3n) is 4.24. The number of carbonyl (C=O) groups is 1. The van der Waals surface area contributed by atoms with Crippen molar-refractivity contribution in [3.63, 3.8) is 0 Å². The van der Waals surface area contributed by atoms with E-state index in [1.165, 1.54) is 55.6 Å². The van der Waals surface area contributed by atoms with Gasteiger partial charge in [0.2, 0.25) is 9.84 Å². The van der Waals surface area contributed by atoms with Crippen LogP contribution in [0.25, 0.3) is 0 Å². The van der Waals surface area contributed by atoms with Crippen LogP contribution in [0, 0.1) is 0 Å². The summed E-state index contributed by atoms with van der Waals surface area (Å²) < 4.78 is 37.3. The van der Waals surface area contributed by atoms with Gasteiger partial charge in [0.15, 0.2) is 0 Å². The van der Waals surface area contributed by atoms with Crippen molar-refractivity contribution in [3.05, 3.63) is 95.0 Å². The van der Waals surface area contributed by atoms with Gasteiger partial charge < -0.3 is 9.47 Å². The number of benzene rings is 3. The van der Waals surface area contributed by atoms with Crippen molar-refractivity contribution in [1.29, 1.82) is 0 Å². The summed E-state index contributed by atoms with van der Waals surface area (Å²) in [6.07, 6.45) is 0. The van der Waals surface area contributed by atoms with Crippen LogP contribution in [0.4, 0.5) is 0 Å². The molecule has 1 atom stereocenters. The topological polar surface area (TPSA) is 95.7 Å². The molecule has 8 heteroatoms. The first-order chi connectivity index (χ1) is 13.8. The Balaban J connectivity index is 2.13. The van der Waals surface area contributed by atoms with Crippen LogP contribution in [0.1, 0.15) is 15.9 Å². The second kappa shape index (κ2) is 8.24. The van der Waals surface area contributed by atoms with Crippen molar-refractivity contribution in [2.45, 2.75) is 9.95 Å². The van der Waals surface area contributed by atoms with E-state index in [1.807, 2.05) is 0 Å². The van der Waals surface area contributed by atoms with E-state index in [2.05, 4.69) is 4.74 Å². The number of sulfone groups is 1. The number of ether oxygens (including phenoxy) is 2. The molecule has 0 aliphatic carbocycles. The highest BCUT2D eigenvalue weighted by Gasteiger charge is 2.45. The molecule has 0 fully saturated rings. The van der Waals surface area contributed by atoms with Crippen LogP contribution < -0.4 is 10.5 Å². The lowest BCUT2D eigenvalue weighted by Gasteiger charge is -2.30. The highest BCUT2D eigenvalue weighted by Crippen LogP contribution is 2.34. The van der Waals surface area contributed by atoms with E-state index >= 15 is 0 Å². The summed E-state index contributed by atoms with van der Waals surface area (Å²) in [6.45, 7) is 0. The van der Waals surface area contributed by atoms with Gasteiger partial charge in [-0.2, -0.15) is 0 Å². The number of hydrogen-bond acceptors (Lipinski definition) is 6. The molecule has 0 saturated heterocycles. The Morgan fingerprint density at radius 1 is 0.931 bits per heavy atom. The van der Waals surface area contributed by atoms with Crippen molar-refractivity contribution in [2.75, 3.05) is 7.11 Å². The molecule has 6 nitrogen and oxygen atoms in total. The largest absolute Gasteiger partial charge is 0.465 e.